The average Bonchev–Trinajstić information content (AvgIpc) is 3.37. The van der Waals surface area contributed by atoms with Gasteiger partial charge in [-0.2, -0.15) is 0 Å². The standard InChI is InChI=1S/C16H21N3O4/c17-14(20)16(5-6-16)15(21)19-12-4-8-22-10-13(12)23-9-11-3-1-2-7-18-11/h1-3,7,12-13H,4-6,8-10H2,(H2,17,20)(H,19,21). The monoisotopic (exact) mass is 319 g/mol. The van der Waals surface area contributed by atoms with E-state index in [1.165, 1.54) is 0 Å². The van der Waals surface area contributed by atoms with Crippen LogP contribution in [0.25, 0.3) is 0 Å². The van der Waals surface area contributed by atoms with Gasteiger partial charge in [-0.05, 0) is 31.4 Å². The van der Waals surface area contributed by atoms with Crippen LogP contribution in [0.2, 0.25) is 0 Å². The van der Waals surface area contributed by atoms with Crippen molar-refractivity contribution < 1.29 is 19.1 Å². The highest BCUT2D eigenvalue weighted by molar-refractivity contribution is 6.07. The summed E-state index contributed by atoms with van der Waals surface area (Å²) in [5, 5.41) is 2.92. The molecule has 1 saturated carbocycles. The number of pyridine rings is 1. The Kier molecular flexibility index (Phi) is 4.58. The predicted octanol–water partition coefficient (Wildman–Crippen LogP) is 0.137. The lowest BCUT2D eigenvalue weighted by atomic mass is 10.0. The second kappa shape index (κ2) is 6.64. The van der Waals surface area contributed by atoms with Gasteiger partial charge in [-0.1, -0.05) is 6.07 Å². The lowest BCUT2D eigenvalue weighted by Crippen LogP contribution is -2.53. The van der Waals surface area contributed by atoms with Crippen LogP contribution in [0.3, 0.4) is 0 Å². The van der Waals surface area contributed by atoms with Crippen molar-refractivity contribution in [2.75, 3.05) is 13.2 Å². The van der Waals surface area contributed by atoms with Crippen molar-refractivity contribution >= 4 is 11.8 Å². The van der Waals surface area contributed by atoms with E-state index < -0.39 is 11.3 Å². The van der Waals surface area contributed by atoms with Gasteiger partial charge in [-0.25, -0.2) is 0 Å². The molecule has 23 heavy (non-hydrogen) atoms. The summed E-state index contributed by atoms with van der Waals surface area (Å²) in [6, 6.07) is 5.43. The van der Waals surface area contributed by atoms with Crippen molar-refractivity contribution in [3.63, 3.8) is 0 Å². The van der Waals surface area contributed by atoms with E-state index in [4.69, 9.17) is 15.2 Å². The third kappa shape index (κ3) is 3.51. The Morgan fingerprint density at radius 2 is 2.26 bits per heavy atom. The fraction of sp³-hybridized carbons (Fsp3) is 0.562. The number of nitrogens with two attached hydrogens (primary N) is 1. The maximum absolute atomic E-state index is 12.3. The molecule has 0 spiro atoms. The van der Waals surface area contributed by atoms with Gasteiger partial charge in [0.25, 0.3) is 0 Å². The van der Waals surface area contributed by atoms with Gasteiger partial charge in [0.15, 0.2) is 0 Å². The molecule has 0 aromatic carbocycles. The normalized spacial score (nSPS) is 25.6. The molecule has 1 aromatic rings. The average molecular weight is 319 g/mol. The number of aromatic nitrogens is 1. The van der Waals surface area contributed by atoms with E-state index in [1.807, 2.05) is 18.2 Å². The number of hydrogen-bond donors (Lipinski definition) is 2. The molecule has 2 heterocycles. The second-order valence-corrected chi connectivity index (χ2v) is 6.06. The highest BCUT2D eigenvalue weighted by Gasteiger charge is 2.56. The van der Waals surface area contributed by atoms with Crippen LogP contribution in [0.4, 0.5) is 0 Å². The first-order valence-electron chi connectivity index (χ1n) is 7.82. The number of amides is 2. The topological polar surface area (TPSA) is 104 Å². The van der Waals surface area contributed by atoms with Crippen LogP contribution in [0.1, 0.15) is 25.0 Å². The highest BCUT2D eigenvalue weighted by atomic mass is 16.5. The van der Waals surface area contributed by atoms with E-state index in [0.717, 1.165) is 5.69 Å². The summed E-state index contributed by atoms with van der Waals surface area (Å²) in [5.41, 5.74) is 5.15. The fourth-order valence-corrected chi connectivity index (χ4v) is 2.73. The molecule has 2 aliphatic rings. The number of rotatable bonds is 6. The number of carbonyl (C=O) groups excluding carboxylic acids is 2. The first-order chi connectivity index (χ1) is 11.1. The van der Waals surface area contributed by atoms with Gasteiger partial charge in [-0.3, -0.25) is 14.6 Å². The molecular weight excluding hydrogens is 298 g/mol. The van der Waals surface area contributed by atoms with Crippen LogP contribution in [0, 0.1) is 5.41 Å². The minimum atomic E-state index is -1.01. The molecule has 2 atom stereocenters. The Bertz CT molecular complexity index is 574. The van der Waals surface area contributed by atoms with Crippen LogP contribution >= 0.6 is 0 Å². The molecule has 124 valence electrons. The van der Waals surface area contributed by atoms with Gasteiger partial charge in [0.1, 0.15) is 11.5 Å². The first-order valence-corrected chi connectivity index (χ1v) is 7.82. The van der Waals surface area contributed by atoms with Gasteiger partial charge in [-0.15, -0.1) is 0 Å². The minimum absolute atomic E-state index is 0.184. The third-order valence-corrected chi connectivity index (χ3v) is 4.45. The van der Waals surface area contributed by atoms with E-state index in [9.17, 15) is 9.59 Å². The number of ether oxygens (including phenoxy) is 2. The van der Waals surface area contributed by atoms with Gasteiger partial charge in [0.05, 0.1) is 24.9 Å². The molecular formula is C16H21N3O4. The van der Waals surface area contributed by atoms with Crippen LogP contribution in [-0.4, -0.2) is 42.2 Å². The Balaban J connectivity index is 1.58. The van der Waals surface area contributed by atoms with Crippen LogP contribution in [0.15, 0.2) is 24.4 Å². The molecule has 0 bridgehead atoms. The number of carbonyl (C=O) groups is 2. The maximum atomic E-state index is 12.3. The van der Waals surface area contributed by atoms with Crippen molar-refractivity contribution in [1.29, 1.82) is 0 Å². The summed E-state index contributed by atoms with van der Waals surface area (Å²) in [6.45, 7) is 1.31. The Morgan fingerprint density at radius 3 is 2.91 bits per heavy atom. The summed E-state index contributed by atoms with van der Waals surface area (Å²) in [5.74, 6) is -0.837. The van der Waals surface area contributed by atoms with Crippen molar-refractivity contribution in [1.82, 2.24) is 10.3 Å². The summed E-state index contributed by atoms with van der Waals surface area (Å²) in [4.78, 5) is 28.0. The fourth-order valence-electron chi connectivity index (χ4n) is 2.73. The molecule has 3 N–H and O–H groups in total. The molecule has 2 amide bonds. The maximum Gasteiger partial charge on any atom is 0.235 e. The first kappa shape index (κ1) is 15.9. The Morgan fingerprint density at radius 1 is 1.43 bits per heavy atom. The van der Waals surface area contributed by atoms with E-state index in [1.54, 1.807) is 6.20 Å². The molecule has 1 aromatic heterocycles. The SMILES string of the molecule is NC(=O)C1(C(=O)NC2CCOCC2OCc2ccccn2)CC1. The van der Waals surface area contributed by atoms with E-state index in [2.05, 4.69) is 10.3 Å². The van der Waals surface area contributed by atoms with Crippen LogP contribution in [0.5, 0.6) is 0 Å². The molecule has 1 saturated heterocycles. The molecule has 2 unspecified atom stereocenters. The zero-order valence-electron chi connectivity index (χ0n) is 12.9. The zero-order valence-corrected chi connectivity index (χ0v) is 12.9. The number of primary amides is 1. The summed E-state index contributed by atoms with van der Waals surface area (Å²) in [7, 11) is 0. The molecule has 1 aliphatic carbocycles. The predicted molar refractivity (Wildman–Crippen MR) is 81.0 cm³/mol. The zero-order chi connectivity index (χ0) is 16.3. The lowest BCUT2D eigenvalue weighted by Gasteiger charge is -2.32. The third-order valence-electron chi connectivity index (χ3n) is 4.45. The number of hydrogen-bond acceptors (Lipinski definition) is 5. The molecule has 3 rings (SSSR count). The van der Waals surface area contributed by atoms with Crippen LogP contribution in [-0.2, 0) is 25.7 Å². The summed E-state index contributed by atoms with van der Waals surface area (Å²) < 4.78 is 11.3. The quantitative estimate of drug-likeness (QED) is 0.726. The second-order valence-electron chi connectivity index (χ2n) is 6.06. The van der Waals surface area contributed by atoms with Crippen molar-refractivity contribution in [2.24, 2.45) is 11.1 Å². The van der Waals surface area contributed by atoms with Crippen molar-refractivity contribution in [3.8, 4) is 0 Å². The largest absolute Gasteiger partial charge is 0.379 e. The molecule has 7 heteroatoms. The number of nitrogens with one attached hydrogen (secondary N) is 1. The van der Waals surface area contributed by atoms with Gasteiger partial charge >= 0.3 is 0 Å². The van der Waals surface area contributed by atoms with Crippen molar-refractivity contribution in [2.45, 2.75) is 38.0 Å². The lowest BCUT2D eigenvalue weighted by molar-refractivity contribution is -0.138. The Labute approximate surface area is 134 Å². The van der Waals surface area contributed by atoms with E-state index in [-0.39, 0.29) is 18.1 Å². The summed E-state index contributed by atoms with van der Waals surface area (Å²) >= 11 is 0. The highest BCUT2D eigenvalue weighted by Crippen LogP contribution is 2.45. The summed E-state index contributed by atoms with van der Waals surface area (Å²) in [6.07, 6.45) is 3.14. The molecule has 7 nitrogen and oxygen atoms in total. The number of nitrogens with zero attached hydrogens (tertiary/aromatic N) is 1. The van der Waals surface area contributed by atoms with E-state index >= 15 is 0 Å². The van der Waals surface area contributed by atoms with E-state index in [0.29, 0.717) is 39.1 Å². The molecule has 1 aliphatic heterocycles. The Hall–Kier alpha value is -1.99. The van der Waals surface area contributed by atoms with Crippen molar-refractivity contribution in [3.05, 3.63) is 30.1 Å². The van der Waals surface area contributed by atoms with Gasteiger partial charge in [0, 0.05) is 12.8 Å². The minimum Gasteiger partial charge on any atom is -0.379 e. The van der Waals surface area contributed by atoms with Crippen LogP contribution < -0.4 is 11.1 Å². The molecule has 2 fully saturated rings. The van der Waals surface area contributed by atoms with Gasteiger partial charge in [0.2, 0.25) is 11.8 Å². The van der Waals surface area contributed by atoms with Gasteiger partial charge < -0.3 is 20.5 Å². The smallest absolute Gasteiger partial charge is 0.235 e. The molecule has 0 radical (unpaired) electrons.